The van der Waals surface area contributed by atoms with Crippen molar-refractivity contribution in [2.75, 3.05) is 7.05 Å². The van der Waals surface area contributed by atoms with E-state index in [2.05, 4.69) is 34.6 Å². The SMILES string of the molecule is CNCc1ccc(-c2ccc(OC(C)C)cc2)nc1C. The van der Waals surface area contributed by atoms with Crippen LogP contribution in [0.2, 0.25) is 0 Å². The Morgan fingerprint density at radius 3 is 2.35 bits per heavy atom. The summed E-state index contributed by atoms with van der Waals surface area (Å²) in [6.45, 7) is 6.95. The molecule has 1 aromatic heterocycles. The molecule has 0 radical (unpaired) electrons. The topological polar surface area (TPSA) is 34.1 Å². The smallest absolute Gasteiger partial charge is 0.119 e. The van der Waals surface area contributed by atoms with Crippen LogP contribution in [0.25, 0.3) is 11.3 Å². The van der Waals surface area contributed by atoms with Gasteiger partial charge in [-0.1, -0.05) is 6.07 Å². The number of hydrogen-bond acceptors (Lipinski definition) is 3. The number of benzene rings is 1. The fraction of sp³-hybridized carbons (Fsp3) is 0.353. The monoisotopic (exact) mass is 270 g/mol. The standard InChI is InChI=1S/C17H22N2O/c1-12(2)20-16-8-5-14(6-9-16)17-10-7-15(11-18-4)13(3)19-17/h5-10,12,18H,11H2,1-4H3. The molecule has 0 unspecified atom stereocenters. The van der Waals surface area contributed by atoms with Crippen LogP contribution in [0.15, 0.2) is 36.4 Å². The second kappa shape index (κ2) is 6.53. The quantitative estimate of drug-likeness (QED) is 0.902. The number of aromatic nitrogens is 1. The van der Waals surface area contributed by atoms with E-state index >= 15 is 0 Å². The van der Waals surface area contributed by atoms with Crippen molar-refractivity contribution in [2.24, 2.45) is 0 Å². The maximum absolute atomic E-state index is 5.65. The zero-order valence-corrected chi connectivity index (χ0v) is 12.6. The van der Waals surface area contributed by atoms with E-state index in [9.17, 15) is 0 Å². The van der Waals surface area contributed by atoms with E-state index in [1.54, 1.807) is 0 Å². The first-order valence-corrected chi connectivity index (χ1v) is 6.98. The van der Waals surface area contributed by atoms with Crippen LogP contribution in [-0.4, -0.2) is 18.1 Å². The predicted molar refractivity (Wildman–Crippen MR) is 82.9 cm³/mol. The lowest BCUT2D eigenvalue weighted by Gasteiger charge is -2.11. The molecule has 0 atom stereocenters. The molecule has 1 heterocycles. The third-order valence-corrected chi connectivity index (χ3v) is 3.08. The summed E-state index contributed by atoms with van der Waals surface area (Å²) in [5, 5.41) is 3.15. The third kappa shape index (κ3) is 3.58. The molecule has 1 aromatic carbocycles. The first-order chi connectivity index (χ1) is 9.60. The van der Waals surface area contributed by atoms with Crippen LogP contribution < -0.4 is 10.1 Å². The lowest BCUT2D eigenvalue weighted by Crippen LogP contribution is -2.07. The predicted octanol–water partition coefficient (Wildman–Crippen LogP) is 3.56. The summed E-state index contributed by atoms with van der Waals surface area (Å²) in [6.07, 6.45) is 0.196. The number of nitrogens with zero attached hydrogens (tertiary/aromatic N) is 1. The van der Waals surface area contributed by atoms with E-state index in [0.717, 1.165) is 29.2 Å². The van der Waals surface area contributed by atoms with Gasteiger partial charge in [0, 0.05) is 17.8 Å². The maximum Gasteiger partial charge on any atom is 0.119 e. The van der Waals surface area contributed by atoms with E-state index in [1.807, 2.05) is 40.0 Å². The average molecular weight is 270 g/mol. The first-order valence-electron chi connectivity index (χ1n) is 6.98. The van der Waals surface area contributed by atoms with Gasteiger partial charge in [0.05, 0.1) is 11.8 Å². The zero-order chi connectivity index (χ0) is 14.5. The molecule has 0 aliphatic heterocycles. The Morgan fingerprint density at radius 2 is 1.80 bits per heavy atom. The lowest BCUT2D eigenvalue weighted by atomic mass is 10.1. The van der Waals surface area contributed by atoms with Crippen LogP contribution in [-0.2, 0) is 6.54 Å². The van der Waals surface area contributed by atoms with Crippen LogP contribution in [0.4, 0.5) is 0 Å². The number of hydrogen-bond donors (Lipinski definition) is 1. The molecular formula is C17H22N2O. The highest BCUT2D eigenvalue weighted by atomic mass is 16.5. The van der Waals surface area contributed by atoms with Gasteiger partial charge in [0.1, 0.15) is 5.75 Å². The fourth-order valence-electron chi connectivity index (χ4n) is 2.10. The van der Waals surface area contributed by atoms with Crippen molar-refractivity contribution in [3.63, 3.8) is 0 Å². The third-order valence-electron chi connectivity index (χ3n) is 3.08. The molecule has 20 heavy (non-hydrogen) atoms. The Labute approximate surface area is 121 Å². The Bertz CT molecular complexity index is 562. The summed E-state index contributed by atoms with van der Waals surface area (Å²) < 4.78 is 5.65. The molecule has 0 aliphatic rings. The molecule has 0 saturated carbocycles. The Balaban J connectivity index is 2.21. The molecule has 0 spiro atoms. The summed E-state index contributed by atoms with van der Waals surface area (Å²) in [6, 6.07) is 12.3. The minimum absolute atomic E-state index is 0.196. The molecule has 106 valence electrons. The van der Waals surface area contributed by atoms with Crippen LogP contribution in [0, 0.1) is 6.92 Å². The van der Waals surface area contributed by atoms with Crippen molar-refractivity contribution in [1.82, 2.24) is 10.3 Å². The van der Waals surface area contributed by atoms with Gasteiger partial charge in [-0.2, -0.15) is 0 Å². The van der Waals surface area contributed by atoms with Crippen molar-refractivity contribution >= 4 is 0 Å². The van der Waals surface area contributed by atoms with E-state index in [0.29, 0.717) is 0 Å². The summed E-state index contributed by atoms with van der Waals surface area (Å²) in [5.74, 6) is 0.896. The Hall–Kier alpha value is -1.87. The average Bonchev–Trinajstić information content (AvgIpc) is 2.41. The number of nitrogens with one attached hydrogen (secondary N) is 1. The molecule has 0 bridgehead atoms. The molecule has 2 aromatic rings. The largest absolute Gasteiger partial charge is 0.491 e. The van der Waals surface area contributed by atoms with Gasteiger partial charge in [-0.05, 0) is 63.7 Å². The van der Waals surface area contributed by atoms with E-state index < -0.39 is 0 Å². The molecule has 0 aliphatic carbocycles. The summed E-state index contributed by atoms with van der Waals surface area (Å²) in [5.41, 5.74) is 4.41. The zero-order valence-electron chi connectivity index (χ0n) is 12.6. The van der Waals surface area contributed by atoms with Crippen LogP contribution >= 0.6 is 0 Å². The van der Waals surface area contributed by atoms with Crippen molar-refractivity contribution in [3.05, 3.63) is 47.7 Å². The van der Waals surface area contributed by atoms with Gasteiger partial charge in [0.25, 0.3) is 0 Å². The van der Waals surface area contributed by atoms with E-state index in [4.69, 9.17) is 4.74 Å². The van der Waals surface area contributed by atoms with Gasteiger partial charge in [0.15, 0.2) is 0 Å². The molecule has 0 saturated heterocycles. The van der Waals surface area contributed by atoms with Crippen molar-refractivity contribution in [3.8, 4) is 17.0 Å². The summed E-state index contributed by atoms with van der Waals surface area (Å²) in [4.78, 5) is 4.67. The van der Waals surface area contributed by atoms with Crippen molar-refractivity contribution in [2.45, 2.75) is 33.4 Å². The first kappa shape index (κ1) is 14.5. The second-order valence-corrected chi connectivity index (χ2v) is 5.16. The lowest BCUT2D eigenvalue weighted by molar-refractivity contribution is 0.242. The van der Waals surface area contributed by atoms with Gasteiger partial charge in [-0.25, -0.2) is 0 Å². The highest BCUT2D eigenvalue weighted by Gasteiger charge is 2.04. The number of rotatable bonds is 5. The Morgan fingerprint density at radius 1 is 1.10 bits per heavy atom. The molecule has 0 fully saturated rings. The molecular weight excluding hydrogens is 248 g/mol. The molecule has 3 nitrogen and oxygen atoms in total. The second-order valence-electron chi connectivity index (χ2n) is 5.16. The minimum Gasteiger partial charge on any atom is -0.491 e. The Kier molecular flexibility index (Phi) is 4.74. The highest BCUT2D eigenvalue weighted by Crippen LogP contribution is 2.22. The van der Waals surface area contributed by atoms with E-state index in [-0.39, 0.29) is 6.10 Å². The number of aryl methyl sites for hydroxylation is 1. The van der Waals surface area contributed by atoms with Gasteiger partial charge >= 0.3 is 0 Å². The molecule has 3 heteroatoms. The van der Waals surface area contributed by atoms with Gasteiger partial charge < -0.3 is 10.1 Å². The fourth-order valence-corrected chi connectivity index (χ4v) is 2.10. The summed E-state index contributed by atoms with van der Waals surface area (Å²) in [7, 11) is 1.95. The van der Waals surface area contributed by atoms with Gasteiger partial charge in [0.2, 0.25) is 0 Å². The van der Waals surface area contributed by atoms with Crippen LogP contribution in [0.3, 0.4) is 0 Å². The van der Waals surface area contributed by atoms with Crippen LogP contribution in [0.1, 0.15) is 25.1 Å². The normalized spacial score (nSPS) is 10.8. The highest BCUT2D eigenvalue weighted by molar-refractivity contribution is 5.60. The van der Waals surface area contributed by atoms with Crippen LogP contribution in [0.5, 0.6) is 5.75 Å². The molecule has 1 N–H and O–H groups in total. The van der Waals surface area contributed by atoms with Crippen molar-refractivity contribution < 1.29 is 4.74 Å². The minimum atomic E-state index is 0.196. The maximum atomic E-state index is 5.65. The van der Waals surface area contributed by atoms with Gasteiger partial charge in [-0.15, -0.1) is 0 Å². The molecule has 2 rings (SSSR count). The van der Waals surface area contributed by atoms with Gasteiger partial charge in [-0.3, -0.25) is 4.98 Å². The summed E-state index contributed by atoms with van der Waals surface area (Å²) >= 11 is 0. The van der Waals surface area contributed by atoms with E-state index in [1.165, 1.54) is 5.56 Å². The number of pyridine rings is 1. The number of ether oxygens (including phenoxy) is 1. The molecule has 0 amide bonds. The van der Waals surface area contributed by atoms with Crippen molar-refractivity contribution in [1.29, 1.82) is 0 Å².